The molecule has 0 bridgehead atoms. The molecule has 0 saturated carbocycles. The molecule has 0 radical (unpaired) electrons. The van der Waals surface area contributed by atoms with E-state index in [0.717, 1.165) is 32.1 Å². The maximum atomic E-state index is 13.7. The standard InChI is InChI=1S/C25H30Cl4N4O3/c1-4-5-6-7-8-13-31-24(35)32(17-10-12-19(27)21(29)15-17)22(25(31,2)3)33(36)23(34)30-16-9-11-18(26)20(28)14-16/h9-12,14-15,22,36H,4-8,13H2,1-3H3,(H,30,34)/t22-/m1/s1. The second kappa shape index (κ2) is 12.1. The first-order valence-corrected chi connectivity index (χ1v) is 13.3. The van der Waals surface area contributed by atoms with Gasteiger partial charge < -0.3 is 10.2 Å². The molecule has 1 heterocycles. The number of hydroxylamine groups is 2. The van der Waals surface area contributed by atoms with E-state index < -0.39 is 17.7 Å². The Labute approximate surface area is 231 Å². The van der Waals surface area contributed by atoms with Crippen LogP contribution in [-0.2, 0) is 0 Å². The first-order chi connectivity index (χ1) is 17.0. The van der Waals surface area contributed by atoms with Gasteiger partial charge in [-0.3, -0.25) is 10.1 Å². The predicted molar refractivity (Wildman–Crippen MR) is 147 cm³/mol. The van der Waals surface area contributed by atoms with Crippen molar-refractivity contribution in [2.45, 2.75) is 64.6 Å². The SMILES string of the molecule is CCCCCCCN1C(=O)N(c2ccc(Cl)c(Cl)c2)[C@H](N(O)C(=O)Nc2ccc(Cl)c(Cl)c2)C1(C)C. The maximum Gasteiger partial charge on any atom is 0.347 e. The number of carbonyl (C=O) groups excluding carboxylic acids is 2. The van der Waals surface area contributed by atoms with Gasteiger partial charge in [0.25, 0.3) is 0 Å². The number of hydrogen-bond donors (Lipinski definition) is 2. The van der Waals surface area contributed by atoms with Gasteiger partial charge in [-0.05, 0) is 56.7 Å². The molecule has 11 heteroatoms. The lowest BCUT2D eigenvalue weighted by Crippen LogP contribution is -2.58. The minimum atomic E-state index is -1.07. The first-order valence-electron chi connectivity index (χ1n) is 11.8. The number of anilines is 2. The Morgan fingerprint density at radius 3 is 2.19 bits per heavy atom. The van der Waals surface area contributed by atoms with Crippen LogP contribution >= 0.6 is 46.4 Å². The second-order valence-corrected chi connectivity index (χ2v) is 10.9. The molecule has 0 aromatic heterocycles. The summed E-state index contributed by atoms with van der Waals surface area (Å²) in [5.41, 5.74) is -0.204. The Morgan fingerprint density at radius 2 is 1.58 bits per heavy atom. The van der Waals surface area contributed by atoms with E-state index in [1.165, 1.54) is 17.0 Å². The maximum absolute atomic E-state index is 13.7. The molecule has 7 nitrogen and oxygen atoms in total. The number of amides is 4. The van der Waals surface area contributed by atoms with Crippen molar-refractivity contribution >= 4 is 69.8 Å². The lowest BCUT2D eigenvalue weighted by atomic mass is 9.99. The summed E-state index contributed by atoms with van der Waals surface area (Å²) >= 11 is 24.3. The quantitative estimate of drug-likeness (QED) is 0.179. The van der Waals surface area contributed by atoms with Gasteiger partial charge in [-0.15, -0.1) is 0 Å². The zero-order valence-electron chi connectivity index (χ0n) is 20.4. The van der Waals surface area contributed by atoms with Crippen molar-refractivity contribution in [1.82, 2.24) is 9.96 Å². The summed E-state index contributed by atoms with van der Waals surface area (Å²) in [5.74, 6) is 0. The molecule has 1 aliphatic rings. The van der Waals surface area contributed by atoms with E-state index in [2.05, 4.69) is 12.2 Å². The van der Waals surface area contributed by atoms with Crippen LogP contribution in [0.5, 0.6) is 0 Å². The number of carbonyl (C=O) groups is 2. The Morgan fingerprint density at radius 1 is 0.972 bits per heavy atom. The molecular formula is C25H30Cl4N4O3. The average Bonchev–Trinajstić information content (AvgIpc) is 3.02. The Bertz CT molecular complexity index is 1110. The summed E-state index contributed by atoms with van der Waals surface area (Å²) in [7, 11) is 0. The van der Waals surface area contributed by atoms with Gasteiger partial charge in [0, 0.05) is 17.9 Å². The molecule has 0 spiro atoms. The molecule has 196 valence electrons. The van der Waals surface area contributed by atoms with Crippen LogP contribution in [-0.4, -0.2) is 45.5 Å². The summed E-state index contributed by atoms with van der Waals surface area (Å²) in [4.78, 5) is 29.8. The van der Waals surface area contributed by atoms with E-state index in [0.29, 0.717) is 33.0 Å². The Hall–Kier alpha value is -1.90. The van der Waals surface area contributed by atoms with Gasteiger partial charge in [-0.1, -0.05) is 79.0 Å². The van der Waals surface area contributed by atoms with E-state index in [-0.39, 0.29) is 16.1 Å². The van der Waals surface area contributed by atoms with Gasteiger partial charge in [0.15, 0.2) is 6.17 Å². The molecule has 2 N–H and O–H groups in total. The third kappa shape index (κ3) is 6.14. The number of halogens is 4. The molecule has 3 rings (SSSR count). The Balaban J connectivity index is 1.92. The van der Waals surface area contributed by atoms with Crippen LogP contribution in [0.4, 0.5) is 21.0 Å². The van der Waals surface area contributed by atoms with E-state index in [4.69, 9.17) is 46.4 Å². The fraction of sp³-hybridized carbons (Fsp3) is 0.440. The third-order valence-corrected chi connectivity index (χ3v) is 7.76. The highest BCUT2D eigenvalue weighted by atomic mass is 35.5. The highest BCUT2D eigenvalue weighted by Crippen LogP contribution is 2.40. The predicted octanol–water partition coefficient (Wildman–Crippen LogP) is 8.54. The van der Waals surface area contributed by atoms with Crippen molar-refractivity contribution in [2.24, 2.45) is 0 Å². The van der Waals surface area contributed by atoms with Crippen molar-refractivity contribution in [3.05, 3.63) is 56.5 Å². The molecule has 1 fully saturated rings. The van der Waals surface area contributed by atoms with Crippen LogP contribution in [0.15, 0.2) is 36.4 Å². The molecule has 2 aromatic rings. The lowest BCUT2D eigenvalue weighted by molar-refractivity contribution is -0.0949. The van der Waals surface area contributed by atoms with E-state index >= 15 is 0 Å². The molecule has 1 saturated heterocycles. The van der Waals surface area contributed by atoms with E-state index in [1.807, 2.05) is 13.8 Å². The number of hydrogen-bond acceptors (Lipinski definition) is 3. The van der Waals surface area contributed by atoms with Gasteiger partial charge in [0.2, 0.25) is 0 Å². The fourth-order valence-corrected chi connectivity index (χ4v) is 4.95. The van der Waals surface area contributed by atoms with Gasteiger partial charge >= 0.3 is 12.1 Å². The normalized spacial score (nSPS) is 17.0. The molecule has 1 atom stereocenters. The first kappa shape index (κ1) is 28.7. The van der Waals surface area contributed by atoms with Crippen molar-refractivity contribution in [1.29, 1.82) is 0 Å². The highest BCUT2D eigenvalue weighted by molar-refractivity contribution is 6.42. The molecule has 2 aromatic carbocycles. The van der Waals surface area contributed by atoms with Crippen LogP contribution in [0.2, 0.25) is 20.1 Å². The van der Waals surface area contributed by atoms with Crippen molar-refractivity contribution < 1.29 is 14.8 Å². The van der Waals surface area contributed by atoms with Crippen LogP contribution < -0.4 is 10.2 Å². The third-order valence-electron chi connectivity index (χ3n) is 6.29. The summed E-state index contributed by atoms with van der Waals surface area (Å²) < 4.78 is 0. The zero-order chi connectivity index (χ0) is 26.6. The van der Waals surface area contributed by atoms with Gasteiger partial charge in [0.05, 0.1) is 25.6 Å². The fourth-order valence-electron chi connectivity index (χ4n) is 4.35. The minimum absolute atomic E-state index is 0.251. The number of nitrogens with one attached hydrogen (secondary N) is 1. The largest absolute Gasteiger partial charge is 0.347 e. The van der Waals surface area contributed by atoms with Crippen molar-refractivity contribution in [3.63, 3.8) is 0 Å². The van der Waals surface area contributed by atoms with Crippen LogP contribution in [0.3, 0.4) is 0 Å². The molecule has 1 aliphatic heterocycles. The molecular weight excluding hydrogens is 546 g/mol. The molecule has 4 amide bonds. The summed E-state index contributed by atoms with van der Waals surface area (Å²) in [5, 5.41) is 15.4. The highest BCUT2D eigenvalue weighted by Gasteiger charge is 2.55. The van der Waals surface area contributed by atoms with Crippen molar-refractivity contribution in [2.75, 3.05) is 16.8 Å². The lowest BCUT2D eigenvalue weighted by Gasteiger charge is -2.38. The zero-order valence-corrected chi connectivity index (χ0v) is 23.4. The number of unbranched alkanes of at least 4 members (excludes halogenated alkanes) is 4. The number of rotatable bonds is 9. The number of urea groups is 2. The topological polar surface area (TPSA) is 76.1 Å². The summed E-state index contributed by atoms with van der Waals surface area (Å²) in [6, 6.07) is 8.12. The van der Waals surface area contributed by atoms with E-state index in [1.54, 1.807) is 29.2 Å². The summed E-state index contributed by atoms with van der Waals surface area (Å²) in [6.07, 6.45) is 4.05. The van der Waals surface area contributed by atoms with Crippen LogP contribution in [0.25, 0.3) is 0 Å². The number of nitrogens with zero attached hydrogens (tertiary/aromatic N) is 3. The second-order valence-electron chi connectivity index (χ2n) is 9.25. The van der Waals surface area contributed by atoms with Crippen LogP contribution in [0.1, 0.15) is 52.9 Å². The Kier molecular flexibility index (Phi) is 9.63. The summed E-state index contributed by atoms with van der Waals surface area (Å²) in [6.45, 7) is 6.25. The van der Waals surface area contributed by atoms with Crippen LogP contribution in [0, 0.1) is 0 Å². The smallest absolute Gasteiger partial charge is 0.315 e. The minimum Gasteiger partial charge on any atom is -0.315 e. The van der Waals surface area contributed by atoms with Crippen molar-refractivity contribution in [3.8, 4) is 0 Å². The van der Waals surface area contributed by atoms with Gasteiger partial charge in [-0.25, -0.2) is 9.59 Å². The molecule has 0 aliphatic carbocycles. The van der Waals surface area contributed by atoms with Gasteiger partial charge in [0.1, 0.15) is 0 Å². The van der Waals surface area contributed by atoms with Gasteiger partial charge in [-0.2, -0.15) is 5.06 Å². The molecule has 0 unspecified atom stereocenters. The number of benzene rings is 2. The van der Waals surface area contributed by atoms with E-state index in [9.17, 15) is 14.8 Å². The molecule has 36 heavy (non-hydrogen) atoms. The monoisotopic (exact) mass is 574 g/mol. The average molecular weight is 576 g/mol.